The molecular formula is C17H23N5. The topological polar surface area (TPSA) is 44.3 Å². The van der Waals surface area contributed by atoms with E-state index in [9.17, 15) is 0 Å². The van der Waals surface area contributed by atoms with E-state index in [1.165, 1.54) is 5.56 Å². The second-order valence-electron chi connectivity index (χ2n) is 5.94. The summed E-state index contributed by atoms with van der Waals surface area (Å²) in [5.74, 6) is 2.66. The number of piperazine rings is 1. The Hall–Kier alpha value is -2.14. The molecule has 2 heterocycles. The Labute approximate surface area is 132 Å². The van der Waals surface area contributed by atoms with E-state index in [1.54, 1.807) is 0 Å². The molecule has 0 atom stereocenters. The number of aromatic nitrogens is 2. The highest BCUT2D eigenvalue weighted by Crippen LogP contribution is 2.21. The van der Waals surface area contributed by atoms with Crippen LogP contribution in [0, 0.1) is 13.8 Å². The first kappa shape index (κ1) is 14.8. The second-order valence-corrected chi connectivity index (χ2v) is 5.94. The summed E-state index contributed by atoms with van der Waals surface area (Å²) in [6, 6.07) is 10.4. The van der Waals surface area contributed by atoms with Gasteiger partial charge >= 0.3 is 0 Å². The average molecular weight is 297 g/mol. The Morgan fingerprint density at radius 1 is 0.955 bits per heavy atom. The molecule has 1 aromatic carbocycles. The molecule has 116 valence electrons. The van der Waals surface area contributed by atoms with Gasteiger partial charge in [0.1, 0.15) is 17.5 Å². The van der Waals surface area contributed by atoms with E-state index in [-0.39, 0.29) is 0 Å². The van der Waals surface area contributed by atoms with Gasteiger partial charge in [-0.25, -0.2) is 9.97 Å². The normalized spacial score (nSPS) is 15.9. The summed E-state index contributed by atoms with van der Waals surface area (Å²) in [5.41, 5.74) is 2.30. The second kappa shape index (κ2) is 6.32. The lowest BCUT2D eigenvalue weighted by atomic mass is 10.2. The SMILES string of the molecule is Cc1ccc(Nc2cc(N3CCN(C)CC3)nc(C)n2)cc1. The quantitative estimate of drug-likeness (QED) is 0.943. The summed E-state index contributed by atoms with van der Waals surface area (Å²) in [5, 5.41) is 3.37. The van der Waals surface area contributed by atoms with Crippen molar-refractivity contribution in [2.45, 2.75) is 13.8 Å². The summed E-state index contributed by atoms with van der Waals surface area (Å²) in [6.07, 6.45) is 0. The first-order valence-electron chi connectivity index (χ1n) is 7.73. The third kappa shape index (κ3) is 3.54. The van der Waals surface area contributed by atoms with Gasteiger partial charge in [0.2, 0.25) is 0 Å². The molecular weight excluding hydrogens is 274 g/mol. The van der Waals surface area contributed by atoms with E-state index in [0.29, 0.717) is 0 Å². The van der Waals surface area contributed by atoms with Crippen molar-refractivity contribution in [1.29, 1.82) is 0 Å². The van der Waals surface area contributed by atoms with Crippen LogP contribution in [0.1, 0.15) is 11.4 Å². The average Bonchev–Trinajstić information content (AvgIpc) is 2.50. The van der Waals surface area contributed by atoms with Crippen molar-refractivity contribution < 1.29 is 0 Å². The van der Waals surface area contributed by atoms with Gasteiger partial charge in [-0.2, -0.15) is 0 Å². The lowest BCUT2D eigenvalue weighted by Crippen LogP contribution is -2.44. The summed E-state index contributed by atoms with van der Waals surface area (Å²) in [6.45, 7) is 8.20. The number of rotatable bonds is 3. The van der Waals surface area contributed by atoms with Crippen LogP contribution >= 0.6 is 0 Å². The van der Waals surface area contributed by atoms with Crippen molar-refractivity contribution in [1.82, 2.24) is 14.9 Å². The van der Waals surface area contributed by atoms with Gasteiger partial charge < -0.3 is 15.1 Å². The van der Waals surface area contributed by atoms with Gasteiger partial charge in [0.25, 0.3) is 0 Å². The maximum Gasteiger partial charge on any atom is 0.136 e. The molecule has 1 aromatic heterocycles. The zero-order valence-electron chi connectivity index (χ0n) is 13.5. The van der Waals surface area contributed by atoms with Crippen molar-refractivity contribution in [3.63, 3.8) is 0 Å². The third-order valence-corrected chi connectivity index (χ3v) is 3.98. The van der Waals surface area contributed by atoms with Crippen LogP contribution in [0.25, 0.3) is 0 Å². The molecule has 0 amide bonds. The molecule has 1 fully saturated rings. The smallest absolute Gasteiger partial charge is 0.136 e. The Morgan fingerprint density at radius 2 is 1.64 bits per heavy atom. The van der Waals surface area contributed by atoms with Crippen molar-refractivity contribution >= 4 is 17.3 Å². The number of benzene rings is 1. The molecule has 2 aromatic rings. The minimum absolute atomic E-state index is 0.797. The van der Waals surface area contributed by atoms with Crippen LogP contribution in [0.2, 0.25) is 0 Å². The molecule has 0 saturated carbocycles. The molecule has 5 nitrogen and oxygen atoms in total. The lowest BCUT2D eigenvalue weighted by molar-refractivity contribution is 0.312. The van der Waals surface area contributed by atoms with Crippen LogP contribution in [0.3, 0.4) is 0 Å². The third-order valence-electron chi connectivity index (χ3n) is 3.98. The Morgan fingerprint density at radius 3 is 2.32 bits per heavy atom. The number of hydrogen-bond acceptors (Lipinski definition) is 5. The Balaban J connectivity index is 1.79. The van der Waals surface area contributed by atoms with Crippen LogP contribution < -0.4 is 10.2 Å². The van der Waals surface area contributed by atoms with E-state index in [4.69, 9.17) is 0 Å². The number of nitrogens with zero attached hydrogens (tertiary/aromatic N) is 4. The standard InChI is InChI=1S/C17H23N5/c1-13-4-6-15(7-5-13)20-16-12-17(19-14(2)18-16)22-10-8-21(3)9-11-22/h4-7,12H,8-11H2,1-3H3,(H,18,19,20). The summed E-state index contributed by atoms with van der Waals surface area (Å²) in [4.78, 5) is 13.8. The van der Waals surface area contributed by atoms with Gasteiger partial charge in [-0.15, -0.1) is 0 Å². The first-order valence-corrected chi connectivity index (χ1v) is 7.73. The molecule has 5 heteroatoms. The van der Waals surface area contributed by atoms with Crippen LogP contribution in [0.4, 0.5) is 17.3 Å². The number of anilines is 3. The van der Waals surface area contributed by atoms with Crippen molar-refractivity contribution in [2.75, 3.05) is 43.4 Å². The highest BCUT2D eigenvalue weighted by molar-refractivity contribution is 5.60. The van der Waals surface area contributed by atoms with Crippen LogP contribution in [0.5, 0.6) is 0 Å². The largest absolute Gasteiger partial charge is 0.354 e. The molecule has 1 N–H and O–H groups in total. The molecule has 22 heavy (non-hydrogen) atoms. The predicted molar refractivity (Wildman–Crippen MR) is 90.9 cm³/mol. The lowest BCUT2D eigenvalue weighted by Gasteiger charge is -2.33. The van der Waals surface area contributed by atoms with Gasteiger partial charge in [0.05, 0.1) is 0 Å². The Kier molecular flexibility index (Phi) is 4.24. The minimum atomic E-state index is 0.797. The van der Waals surface area contributed by atoms with Gasteiger partial charge in [-0.3, -0.25) is 0 Å². The summed E-state index contributed by atoms with van der Waals surface area (Å²) in [7, 11) is 2.16. The van der Waals surface area contributed by atoms with E-state index < -0.39 is 0 Å². The predicted octanol–water partition coefficient (Wildman–Crippen LogP) is 2.59. The van der Waals surface area contributed by atoms with Gasteiger partial charge in [0, 0.05) is 37.9 Å². The number of hydrogen-bond donors (Lipinski definition) is 1. The minimum Gasteiger partial charge on any atom is -0.354 e. The highest BCUT2D eigenvalue weighted by Gasteiger charge is 2.16. The maximum absolute atomic E-state index is 4.59. The van der Waals surface area contributed by atoms with Crippen LogP contribution in [-0.2, 0) is 0 Å². The van der Waals surface area contributed by atoms with Gasteiger partial charge in [0.15, 0.2) is 0 Å². The van der Waals surface area contributed by atoms with E-state index >= 15 is 0 Å². The van der Waals surface area contributed by atoms with E-state index in [1.807, 2.05) is 13.0 Å². The van der Waals surface area contributed by atoms with Gasteiger partial charge in [-0.1, -0.05) is 17.7 Å². The number of nitrogens with one attached hydrogen (secondary N) is 1. The Bertz CT molecular complexity index is 630. The molecule has 0 unspecified atom stereocenters. The fourth-order valence-corrected chi connectivity index (χ4v) is 2.60. The van der Waals surface area contributed by atoms with E-state index in [2.05, 4.69) is 63.3 Å². The fourth-order valence-electron chi connectivity index (χ4n) is 2.60. The fraction of sp³-hybridized carbons (Fsp3) is 0.412. The molecule has 1 aliphatic rings. The summed E-state index contributed by atoms with van der Waals surface area (Å²) >= 11 is 0. The zero-order valence-corrected chi connectivity index (χ0v) is 13.5. The molecule has 0 aliphatic carbocycles. The molecule has 0 spiro atoms. The van der Waals surface area contributed by atoms with Crippen molar-refractivity contribution in [3.8, 4) is 0 Å². The molecule has 1 aliphatic heterocycles. The highest BCUT2D eigenvalue weighted by atomic mass is 15.3. The van der Waals surface area contributed by atoms with Crippen molar-refractivity contribution in [3.05, 3.63) is 41.7 Å². The van der Waals surface area contributed by atoms with E-state index in [0.717, 1.165) is 49.3 Å². The molecule has 0 bridgehead atoms. The molecule has 3 rings (SSSR count). The van der Waals surface area contributed by atoms with Gasteiger partial charge in [-0.05, 0) is 33.0 Å². The molecule has 0 radical (unpaired) electrons. The monoisotopic (exact) mass is 297 g/mol. The summed E-state index contributed by atoms with van der Waals surface area (Å²) < 4.78 is 0. The maximum atomic E-state index is 4.59. The van der Waals surface area contributed by atoms with Crippen LogP contribution in [0.15, 0.2) is 30.3 Å². The number of aryl methyl sites for hydroxylation is 2. The first-order chi connectivity index (χ1) is 10.6. The zero-order chi connectivity index (χ0) is 15.5. The molecule has 1 saturated heterocycles. The number of likely N-dealkylation sites (N-methyl/N-ethyl adjacent to an activating group) is 1. The van der Waals surface area contributed by atoms with Crippen molar-refractivity contribution in [2.24, 2.45) is 0 Å². The van der Waals surface area contributed by atoms with Crippen LogP contribution in [-0.4, -0.2) is 48.1 Å².